The van der Waals surface area contributed by atoms with Crippen LogP contribution in [0.15, 0.2) is 170 Å². The number of fused-ring (bicyclic) bond motifs is 6. The molecule has 0 amide bonds. The lowest BCUT2D eigenvalue weighted by Gasteiger charge is -2.18. The second-order valence-corrected chi connectivity index (χ2v) is 14.0. The lowest BCUT2D eigenvalue weighted by atomic mass is 9.98. The van der Waals surface area contributed by atoms with Crippen molar-refractivity contribution in [3.05, 3.63) is 187 Å². The molecule has 0 bridgehead atoms. The lowest BCUT2D eigenvalue weighted by Crippen LogP contribution is -2.05. The Morgan fingerprint density at radius 3 is 1.35 bits per heavy atom. The SMILES string of the molecule is Cc1ccccc1-c1ccc2c(c1)c1ccccc1n2-c1cc(-c2ccncc2)cc(-n2c3ccccc3c3cc(-c4ccccc4C)ccc32)c1C#N. The van der Waals surface area contributed by atoms with Crippen molar-refractivity contribution in [3.8, 4) is 50.8 Å². The number of nitriles is 1. The van der Waals surface area contributed by atoms with Gasteiger partial charge in [0, 0.05) is 33.9 Å². The van der Waals surface area contributed by atoms with E-state index in [1.165, 1.54) is 33.4 Å². The number of benzene rings is 7. The fraction of sp³-hybridized carbons (Fsp3) is 0.0400. The average Bonchev–Trinajstić information content (AvgIpc) is 3.73. The van der Waals surface area contributed by atoms with E-state index in [1.807, 2.05) is 24.5 Å². The predicted molar refractivity (Wildman–Crippen MR) is 223 cm³/mol. The molecule has 0 saturated heterocycles. The highest BCUT2D eigenvalue weighted by Crippen LogP contribution is 2.42. The second kappa shape index (κ2) is 12.5. The first-order valence-electron chi connectivity index (χ1n) is 18.3. The zero-order valence-corrected chi connectivity index (χ0v) is 30.0. The van der Waals surface area contributed by atoms with Gasteiger partial charge < -0.3 is 9.13 Å². The van der Waals surface area contributed by atoms with Crippen molar-refractivity contribution < 1.29 is 0 Å². The zero-order valence-electron chi connectivity index (χ0n) is 30.0. The topological polar surface area (TPSA) is 46.5 Å². The van der Waals surface area contributed by atoms with Crippen molar-refractivity contribution in [2.24, 2.45) is 0 Å². The van der Waals surface area contributed by atoms with Crippen molar-refractivity contribution in [2.75, 3.05) is 0 Å². The molecular weight excluding hydrogens is 657 g/mol. The van der Waals surface area contributed by atoms with Gasteiger partial charge in [-0.05, 0) is 119 Å². The van der Waals surface area contributed by atoms with Crippen LogP contribution in [-0.4, -0.2) is 14.1 Å². The number of hydrogen-bond acceptors (Lipinski definition) is 2. The highest BCUT2D eigenvalue weighted by molar-refractivity contribution is 6.12. The Hall–Kier alpha value is -7.22. The van der Waals surface area contributed by atoms with Crippen LogP contribution < -0.4 is 0 Å². The molecule has 10 rings (SSSR count). The Kier molecular flexibility index (Phi) is 7.28. The normalized spacial score (nSPS) is 11.5. The minimum Gasteiger partial charge on any atom is -0.308 e. The Labute approximate surface area is 313 Å². The van der Waals surface area contributed by atoms with E-state index in [1.54, 1.807) is 0 Å². The van der Waals surface area contributed by atoms with Crippen LogP contribution in [0.4, 0.5) is 0 Å². The van der Waals surface area contributed by atoms with E-state index in [0.29, 0.717) is 5.56 Å². The molecule has 0 spiro atoms. The van der Waals surface area contributed by atoms with Gasteiger partial charge in [-0.25, -0.2) is 0 Å². The fourth-order valence-corrected chi connectivity index (χ4v) is 8.38. The molecule has 0 saturated carbocycles. The summed E-state index contributed by atoms with van der Waals surface area (Å²) in [6.07, 6.45) is 3.65. The monoisotopic (exact) mass is 690 g/mol. The van der Waals surface area contributed by atoms with E-state index in [2.05, 4.69) is 180 Å². The van der Waals surface area contributed by atoms with Crippen molar-refractivity contribution in [1.82, 2.24) is 14.1 Å². The summed E-state index contributed by atoms with van der Waals surface area (Å²) in [6.45, 7) is 4.32. The molecular formula is C50H34N4. The van der Waals surface area contributed by atoms with Crippen LogP contribution >= 0.6 is 0 Å². The largest absolute Gasteiger partial charge is 0.308 e. The van der Waals surface area contributed by atoms with Crippen molar-refractivity contribution >= 4 is 43.6 Å². The molecule has 0 fully saturated rings. The molecule has 254 valence electrons. The third kappa shape index (κ3) is 4.87. The predicted octanol–water partition coefficient (Wildman–Crippen LogP) is 12.8. The summed E-state index contributed by atoms with van der Waals surface area (Å²) in [6, 6.07) is 58.7. The summed E-state index contributed by atoms with van der Waals surface area (Å²) in [5.74, 6) is 0. The molecule has 54 heavy (non-hydrogen) atoms. The molecule has 4 heteroatoms. The van der Waals surface area contributed by atoms with Crippen molar-refractivity contribution in [1.29, 1.82) is 5.26 Å². The smallest absolute Gasteiger partial charge is 0.104 e. The number of pyridine rings is 1. The molecule has 4 nitrogen and oxygen atoms in total. The average molecular weight is 691 g/mol. The van der Waals surface area contributed by atoms with Gasteiger partial charge in [-0.15, -0.1) is 0 Å². The Balaban J connectivity index is 1.30. The Morgan fingerprint density at radius 2 is 0.870 bits per heavy atom. The molecule has 7 aromatic carbocycles. The van der Waals surface area contributed by atoms with E-state index in [4.69, 9.17) is 0 Å². The highest BCUT2D eigenvalue weighted by atomic mass is 15.0. The van der Waals surface area contributed by atoms with Gasteiger partial charge in [-0.3, -0.25) is 4.98 Å². The lowest BCUT2D eigenvalue weighted by molar-refractivity contribution is 1.12. The van der Waals surface area contributed by atoms with E-state index < -0.39 is 0 Å². The van der Waals surface area contributed by atoms with Crippen molar-refractivity contribution in [3.63, 3.8) is 0 Å². The first-order valence-corrected chi connectivity index (χ1v) is 18.3. The molecule has 3 aromatic heterocycles. The van der Waals surface area contributed by atoms with Crippen LogP contribution in [-0.2, 0) is 0 Å². The summed E-state index contributed by atoms with van der Waals surface area (Å²) < 4.78 is 4.56. The quantitative estimate of drug-likeness (QED) is 0.180. The highest BCUT2D eigenvalue weighted by Gasteiger charge is 2.23. The summed E-state index contributed by atoms with van der Waals surface area (Å²) in [5.41, 5.74) is 15.7. The maximum absolute atomic E-state index is 11.3. The van der Waals surface area contributed by atoms with Crippen molar-refractivity contribution in [2.45, 2.75) is 13.8 Å². The van der Waals surface area contributed by atoms with E-state index in [9.17, 15) is 5.26 Å². The first-order chi connectivity index (χ1) is 26.6. The van der Waals surface area contributed by atoms with Crippen LogP contribution in [0.3, 0.4) is 0 Å². The standard InChI is InChI=1S/C50H34N4/c1-32-11-3-5-13-38(32)35-19-21-47-42(27-35)40-15-7-9-17-45(40)53(47)49-29-37(34-23-25-52-26-24-34)30-50(44(49)31-51)54-46-18-10-8-16-41(46)43-28-36(20-22-48(43)54)39-14-6-4-12-33(39)2/h3-30H,1-2H3. The third-order valence-corrected chi connectivity index (χ3v) is 11.0. The minimum absolute atomic E-state index is 0.601. The molecule has 0 aliphatic heterocycles. The first kappa shape index (κ1) is 31.5. The zero-order chi connectivity index (χ0) is 36.3. The van der Waals surface area contributed by atoms with E-state index in [0.717, 1.165) is 66.1 Å². The van der Waals surface area contributed by atoms with Gasteiger partial charge in [-0.1, -0.05) is 97.1 Å². The maximum atomic E-state index is 11.3. The molecule has 0 aliphatic rings. The third-order valence-electron chi connectivity index (χ3n) is 11.0. The van der Waals surface area contributed by atoms with E-state index in [-0.39, 0.29) is 0 Å². The number of aryl methyl sites for hydroxylation is 2. The van der Waals surface area contributed by atoms with Crippen LogP contribution in [0.2, 0.25) is 0 Å². The molecule has 0 aliphatic carbocycles. The van der Waals surface area contributed by atoms with Gasteiger partial charge in [0.2, 0.25) is 0 Å². The number of nitrogens with zero attached hydrogens (tertiary/aromatic N) is 4. The summed E-state index contributed by atoms with van der Waals surface area (Å²) in [7, 11) is 0. The number of aromatic nitrogens is 3. The van der Waals surface area contributed by atoms with Gasteiger partial charge in [0.15, 0.2) is 0 Å². The molecule has 0 atom stereocenters. The molecule has 0 radical (unpaired) electrons. The molecule has 0 N–H and O–H groups in total. The number of para-hydroxylation sites is 2. The van der Waals surface area contributed by atoms with Gasteiger partial charge in [0.05, 0.1) is 33.4 Å². The molecule has 3 heterocycles. The summed E-state index contributed by atoms with van der Waals surface area (Å²) in [5, 5.41) is 15.9. The number of hydrogen-bond donors (Lipinski definition) is 0. The van der Waals surface area contributed by atoms with Crippen LogP contribution in [0.25, 0.3) is 88.4 Å². The maximum Gasteiger partial charge on any atom is 0.104 e. The van der Waals surface area contributed by atoms with E-state index >= 15 is 0 Å². The minimum atomic E-state index is 0.601. The fourth-order valence-electron chi connectivity index (χ4n) is 8.38. The second-order valence-electron chi connectivity index (χ2n) is 14.0. The summed E-state index contributed by atoms with van der Waals surface area (Å²) >= 11 is 0. The molecule has 0 unspecified atom stereocenters. The van der Waals surface area contributed by atoms with Crippen LogP contribution in [0.1, 0.15) is 16.7 Å². The van der Waals surface area contributed by atoms with Gasteiger partial charge in [-0.2, -0.15) is 5.26 Å². The van der Waals surface area contributed by atoms with Gasteiger partial charge in [0.1, 0.15) is 11.6 Å². The Morgan fingerprint density at radius 1 is 0.426 bits per heavy atom. The molecule has 10 aromatic rings. The van der Waals surface area contributed by atoms with Gasteiger partial charge >= 0.3 is 0 Å². The van der Waals surface area contributed by atoms with Gasteiger partial charge in [0.25, 0.3) is 0 Å². The van der Waals surface area contributed by atoms with Crippen LogP contribution in [0, 0.1) is 25.2 Å². The van der Waals surface area contributed by atoms with Crippen LogP contribution in [0.5, 0.6) is 0 Å². The Bertz CT molecular complexity index is 2950. The number of rotatable bonds is 5. The summed E-state index contributed by atoms with van der Waals surface area (Å²) in [4.78, 5) is 4.33.